The third kappa shape index (κ3) is 3.59. The number of hydrogen-bond acceptors (Lipinski definition) is 3. The summed E-state index contributed by atoms with van der Waals surface area (Å²) in [7, 11) is 0. The molecule has 2 aromatic rings. The van der Waals surface area contributed by atoms with E-state index >= 15 is 0 Å². The maximum atomic E-state index is 12.3. The van der Waals surface area contributed by atoms with Gasteiger partial charge < -0.3 is 10.6 Å². The minimum Gasteiger partial charge on any atom is -0.356 e. The maximum Gasteiger partial charge on any atom is 0.270 e. The second kappa shape index (κ2) is 6.39. The molecule has 0 fully saturated rings. The van der Waals surface area contributed by atoms with Gasteiger partial charge in [-0.3, -0.25) is 14.0 Å². The molecule has 21 heavy (non-hydrogen) atoms. The molecule has 0 radical (unpaired) electrons. The lowest BCUT2D eigenvalue weighted by Gasteiger charge is -2.06. The van der Waals surface area contributed by atoms with Crippen molar-refractivity contribution in [3.63, 3.8) is 0 Å². The van der Waals surface area contributed by atoms with E-state index in [0.29, 0.717) is 30.9 Å². The topological polar surface area (TPSA) is 75.5 Å². The molecule has 2 amide bonds. The van der Waals surface area contributed by atoms with Gasteiger partial charge in [0.1, 0.15) is 11.3 Å². The van der Waals surface area contributed by atoms with E-state index in [1.165, 1.54) is 6.92 Å². The summed E-state index contributed by atoms with van der Waals surface area (Å²) in [6.45, 7) is 6.36. The number of carbonyl (C=O) groups excluding carboxylic acids is 2. The first-order valence-electron chi connectivity index (χ1n) is 6.97. The number of rotatable bonds is 5. The lowest BCUT2D eigenvalue weighted by atomic mass is 10.3. The average molecular weight is 288 g/mol. The van der Waals surface area contributed by atoms with Crippen molar-refractivity contribution in [1.82, 2.24) is 20.0 Å². The molecule has 0 saturated carbocycles. The number of nitrogens with zero attached hydrogens (tertiary/aromatic N) is 2. The molecule has 0 aliphatic heterocycles. The fourth-order valence-electron chi connectivity index (χ4n) is 2.18. The first kappa shape index (κ1) is 15.0. The van der Waals surface area contributed by atoms with Gasteiger partial charge in [-0.15, -0.1) is 0 Å². The molecular formula is C15H20N4O2. The Morgan fingerprint density at radius 3 is 2.67 bits per heavy atom. The summed E-state index contributed by atoms with van der Waals surface area (Å²) >= 11 is 0. The molecule has 2 N–H and O–H groups in total. The normalized spacial score (nSPS) is 10.6. The fraction of sp³-hybridized carbons (Fsp3) is 0.400. The Labute approximate surface area is 123 Å². The van der Waals surface area contributed by atoms with Crippen LogP contribution < -0.4 is 10.6 Å². The summed E-state index contributed by atoms with van der Waals surface area (Å²) < 4.78 is 1.80. The van der Waals surface area contributed by atoms with Crippen molar-refractivity contribution in [2.45, 2.75) is 27.2 Å². The van der Waals surface area contributed by atoms with Crippen LogP contribution in [-0.2, 0) is 4.79 Å². The molecule has 0 spiro atoms. The SMILES string of the molecule is CC(=O)NCCCNC(=O)c1c(C)nc2cc(C)ccn12. The predicted molar refractivity (Wildman–Crippen MR) is 80.3 cm³/mol. The van der Waals surface area contributed by atoms with Crippen molar-refractivity contribution >= 4 is 17.5 Å². The minimum atomic E-state index is -0.147. The van der Waals surface area contributed by atoms with Gasteiger partial charge in [0, 0.05) is 26.2 Å². The number of fused-ring (bicyclic) bond motifs is 1. The van der Waals surface area contributed by atoms with Crippen LogP contribution in [0.2, 0.25) is 0 Å². The Kier molecular flexibility index (Phi) is 4.57. The zero-order chi connectivity index (χ0) is 15.4. The highest BCUT2D eigenvalue weighted by Gasteiger charge is 2.15. The summed E-state index contributed by atoms with van der Waals surface area (Å²) in [5.41, 5.74) is 3.15. The summed E-state index contributed by atoms with van der Waals surface area (Å²) in [4.78, 5) is 27.4. The quantitative estimate of drug-likeness (QED) is 0.812. The van der Waals surface area contributed by atoms with Crippen LogP contribution >= 0.6 is 0 Å². The van der Waals surface area contributed by atoms with E-state index < -0.39 is 0 Å². The number of aryl methyl sites for hydroxylation is 2. The van der Waals surface area contributed by atoms with E-state index in [4.69, 9.17) is 0 Å². The zero-order valence-corrected chi connectivity index (χ0v) is 12.6. The van der Waals surface area contributed by atoms with Crippen LogP contribution in [-0.4, -0.2) is 34.3 Å². The average Bonchev–Trinajstić information content (AvgIpc) is 2.72. The van der Waals surface area contributed by atoms with E-state index in [0.717, 1.165) is 11.2 Å². The Hall–Kier alpha value is -2.37. The zero-order valence-electron chi connectivity index (χ0n) is 12.6. The molecule has 0 aromatic carbocycles. The highest BCUT2D eigenvalue weighted by Crippen LogP contribution is 2.13. The highest BCUT2D eigenvalue weighted by atomic mass is 16.2. The van der Waals surface area contributed by atoms with Gasteiger partial charge in [0.2, 0.25) is 5.91 Å². The molecule has 0 bridgehead atoms. The van der Waals surface area contributed by atoms with E-state index in [9.17, 15) is 9.59 Å². The van der Waals surface area contributed by atoms with Gasteiger partial charge >= 0.3 is 0 Å². The highest BCUT2D eigenvalue weighted by molar-refractivity contribution is 5.94. The summed E-state index contributed by atoms with van der Waals surface area (Å²) in [5, 5.41) is 5.55. The second-order valence-corrected chi connectivity index (χ2v) is 5.07. The molecule has 112 valence electrons. The van der Waals surface area contributed by atoms with Crippen LogP contribution in [0.5, 0.6) is 0 Å². The van der Waals surface area contributed by atoms with Crippen molar-refractivity contribution < 1.29 is 9.59 Å². The Morgan fingerprint density at radius 1 is 1.24 bits per heavy atom. The summed E-state index contributed by atoms with van der Waals surface area (Å²) in [6.07, 6.45) is 2.55. The molecule has 6 heteroatoms. The van der Waals surface area contributed by atoms with Gasteiger partial charge in [0.05, 0.1) is 5.69 Å². The lowest BCUT2D eigenvalue weighted by Crippen LogP contribution is -2.29. The third-order valence-corrected chi connectivity index (χ3v) is 3.18. The van der Waals surface area contributed by atoms with Gasteiger partial charge in [-0.2, -0.15) is 0 Å². The second-order valence-electron chi connectivity index (χ2n) is 5.07. The summed E-state index contributed by atoms with van der Waals surface area (Å²) in [6, 6.07) is 3.89. The van der Waals surface area contributed by atoms with Gasteiger partial charge in [0.25, 0.3) is 5.91 Å². The number of hydrogen-bond donors (Lipinski definition) is 2. The van der Waals surface area contributed by atoms with E-state index in [1.807, 2.05) is 32.2 Å². The van der Waals surface area contributed by atoms with Crippen LogP contribution in [0.3, 0.4) is 0 Å². The Bertz CT molecular complexity index is 676. The number of pyridine rings is 1. The number of imidazole rings is 1. The first-order chi connectivity index (χ1) is 9.99. The van der Waals surface area contributed by atoms with Crippen molar-refractivity contribution in [2.24, 2.45) is 0 Å². The van der Waals surface area contributed by atoms with E-state index in [-0.39, 0.29) is 11.8 Å². The van der Waals surface area contributed by atoms with Gasteiger partial charge in [-0.1, -0.05) is 0 Å². The van der Waals surface area contributed by atoms with Crippen molar-refractivity contribution in [1.29, 1.82) is 0 Å². The molecule has 0 aliphatic rings. The molecule has 2 rings (SSSR count). The van der Waals surface area contributed by atoms with Crippen LogP contribution in [0.15, 0.2) is 18.3 Å². The van der Waals surface area contributed by atoms with E-state index in [2.05, 4.69) is 15.6 Å². The summed E-state index contributed by atoms with van der Waals surface area (Å²) in [5.74, 6) is -0.207. The van der Waals surface area contributed by atoms with Crippen molar-refractivity contribution in [3.8, 4) is 0 Å². The maximum absolute atomic E-state index is 12.3. The Morgan fingerprint density at radius 2 is 1.95 bits per heavy atom. The number of carbonyl (C=O) groups is 2. The first-order valence-corrected chi connectivity index (χ1v) is 6.97. The standard InChI is InChI=1S/C15H20N4O2/c1-10-5-8-19-13(9-10)18-11(2)14(19)15(21)17-7-4-6-16-12(3)20/h5,8-9H,4,6-7H2,1-3H3,(H,16,20)(H,17,21). The van der Waals surface area contributed by atoms with E-state index in [1.54, 1.807) is 4.40 Å². The van der Waals surface area contributed by atoms with Crippen LogP contribution in [0.4, 0.5) is 0 Å². The number of nitrogens with one attached hydrogen (secondary N) is 2. The van der Waals surface area contributed by atoms with Gasteiger partial charge in [-0.05, 0) is 38.0 Å². The molecular weight excluding hydrogens is 268 g/mol. The molecule has 0 aliphatic carbocycles. The molecule has 0 atom stereocenters. The van der Waals surface area contributed by atoms with Crippen LogP contribution in [0, 0.1) is 13.8 Å². The monoisotopic (exact) mass is 288 g/mol. The van der Waals surface area contributed by atoms with Gasteiger partial charge in [0.15, 0.2) is 0 Å². The van der Waals surface area contributed by atoms with Gasteiger partial charge in [-0.25, -0.2) is 4.98 Å². The lowest BCUT2D eigenvalue weighted by molar-refractivity contribution is -0.118. The smallest absolute Gasteiger partial charge is 0.270 e. The fourth-order valence-corrected chi connectivity index (χ4v) is 2.18. The third-order valence-electron chi connectivity index (χ3n) is 3.18. The molecule has 2 heterocycles. The minimum absolute atomic E-state index is 0.0608. The Balaban J connectivity index is 2.02. The largest absolute Gasteiger partial charge is 0.356 e. The number of aromatic nitrogens is 2. The molecule has 6 nitrogen and oxygen atoms in total. The molecule has 0 saturated heterocycles. The van der Waals surface area contributed by atoms with Crippen LogP contribution in [0.25, 0.3) is 5.65 Å². The van der Waals surface area contributed by atoms with Crippen molar-refractivity contribution in [3.05, 3.63) is 35.3 Å². The molecule has 2 aromatic heterocycles. The predicted octanol–water partition coefficient (Wildman–Crippen LogP) is 1.21. The molecule has 0 unspecified atom stereocenters. The van der Waals surface area contributed by atoms with Crippen LogP contribution in [0.1, 0.15) is 35.1 Å². The number of amides is 2. The van der Waals surface area contributed by atoms with Crippen molar-refractivity contribution in [2.75, 3.05) is 13.1 Å².